The molecule has 1 unspecified atom stereocenters. The number of hydrogen-bond donors (Lipinski definition) is 1. The molecule has 1 N–H and O–H groups in total. The third kappa shape index (κ3) is 4.54. The quantitative estimate of drug-likeness (QED) is 0.737. The number of sulfonamides is 1. The minimum absolute atomic E-state index is 0.0233. The molecule has 150 valence electrons. The fourth-order valence-corrected chi connectivity index (χ4v) is 4.60. The van der Waals surface area contributed by atoms with Crippen LogP contribution in [0.3, 0.4) is 0 Å². The van der Waals surface area contributed by atoms with Gasteiger partial charge in [0.05, 0.1) is 27.2 Å². The molecule has 1 atom stereocenters. The van der Waals surface area contributed by atoms with Crippen LogP contribution < -0.4 is 4.72 Å². The van der Waals surface area contributed by atoms with Crippen LogP contribution in [0.4, 0.5) is 0 Å². The molecular formula is C20H24ClN3O3S. The first-order chi connectivity index (χ1) is 13.2. The Hall–Kier alpha value is -1.96. The number of nitrogens with one attached hydrogen (secondary N) is 1. The summed E-state index contributed by atoms with van der Waals surface area (Å²) < 4.78 is 27.6. The highest BCUT2D eigenvalue weighted by molar-refractivity contribution is 7.89. The summed E-state index contributed by atoms with van der Waals surface area (Å²) in [5.41, 5.74) is 0.965. The number of hydrogen-bond acceptors (Lipinski definition) is 4. The molecule has 0 radical (unpaired) electrons. The minimum Gasteiger partial charge on any atom is -0.327 e. The standard InChI is InChI=1S/C20H24ClN3O3S/c1-13(2)23-28(26,27)16-9-10-18(21)17(12-16)20(25)24(15-7-8-15)14(3)19-6-4-5-11-22-19/h4-6,9-15,23H,7-8H2,1-3H3. The van der Waals surface area contributed by atoms with E-state index in [0.717, 1.165) is 18.5 Å². The maximum atomic E-state index is 13.4. The smallest absolute Gasteiger partial charge is 0.256 e. The molecule has 1 aliphatic rings. The molecule has 1 fully saturated rings. The van der Waals surface area contributed by atoms with E-state index in [4.69, 9.17) is 11.6 Å². The van der Waals surface area contributed by atoms with E-state index in [1.807, 2.05) is 25.1 Å². The Morgan fingerprint density at radius 1 is 1.21 bits per heavy atom. The number of halogens is 1. The van der Waals surface area contributed by atoms with Gasteiger partial charge in [-0.1, -0.05) is 17.7 Å². The van der Waals surface area contributed by atoms with Crippen molar-refractivity contribution < 1.29 is 13.2 Å². The second kappa shape index (κ2) is 8.19. The van der Waals surface area contributed by atoms with Crippen molar-refractivity contribution in [2.24, 2.45) is 0 Å². The number of rotatable bonds is 7. The van der Waals surface area contributed by atoms with Gasteiger partial charge in [0, 0.05) is 18.3 Å². The van der Waals surface area contributed by atoms with Crippen LogP contribution in [0.5, 0.6) is 0 Å². The first-order valence-corrected chi connectivity index (χ1v) is 11.1. The summed E-state index contributed by atoms with van der Waals surface area (Å²) in [6, 6.07) is 9.41. The Morgan fingerprint density at radius 3 is 2.50 bits per heavy atom. The van der Waals surface area contributed by atoms with Gasteiger partial charge in [0.25, 0.3) is 5.91 Å². The molecule has 1 aromatic carbocycles. The SMILES string of the molecule is CC(C)NS(=O)(=O)c1ccc(Cl)c(C(=O)N(C2CC2)C(C)c2ccccn2)c1. The molecule has 6 nitrogen and oxygen atoms in total. The van der Waals surface area contributed by atoms with Crippen LogP contribution in [0.15, 0.2) is 47.5 Å². The largest absolute Gasteiger partial charge is 0.327 e. The van der Waals surface area contributed by atoms with Gasteiger partial charge in [0.1, 0.15) is 0 Å². The van der Waals surface area contributed by atoms with E-state index in [2.05, 4.69) is 9.71 Å². The van der Waals surface area contributed by atoms with Crippen LogP contribution in [-0.2, 0) is 10.0 Å². The van der Waals surface area contributed by atoms with Crippen LogP contribution in [0.1, 0.15) is 55.7 Å². The van der Waals surface area contributed by atoms with Gasteiger partial charge in [-0.3, -0.25) is 9.78 Å². The average molecular weight is 422 g/mol. The van der Waals surface area contributed by atoms with Gasteiger partial charge in [-0.25, -0.2) is 13.1 Å². The molecule has 1 heterocycles. The zero-order valence-electron chi connectivity index (χ0n) is 16.1. The molecule has 0 aliphatic heterocycles. The monoisotopic (exact) mass is 421 g/mol. The molecule has 3 rings (SSSR count). The molecule has 28 heavy (non-hydrogen) atoms. The van der Waals surface area contributed by atoms with Crippen molar-refractivity contribution in [1.29, 1.82) is 0 Å². The molecule has 8 heteroatoms. The Balaban J connectivity index is 1.97. The Labute approximate surface area is 171 Å². The highest BCUT2D eigenvalue weighted by atomic mass is 35.5. The van der Waals surface area contributed by atoms with E-state index < -0.39 is 10.0 Å². The molecule has 0 bridgehead atoms. The topological polar surface area (TPSA) is 79.4 Å². The Kier molecular flexibility index (Phi) is 6.07. The number of nitrogens with zero attached hydrogens (tertiary/aromatic N) is 2. The Morgan fingerprint density at radius 2 is 1.93 bits per heavy atom. The number of aromatic nitrogens is 1. The van der Waals surface area contributed by atoms with Gasteiger partial charge in [0.15, 0.2) is 0 Å². The number of benzene rings is 1. The fraction of sp³-hybridized carbons (Fsp3) is 0.400. The van der Waals surface area contributed by atoms with Crippen molar-refractivity contribution >= 4 is 27.5 Å². The van der Waals surface area contributed by atoms with Crippen LogP contribution in [0.25, 0.3) is 0 Å². The van der Waals surface area contributed by atoms with Gasteiger partial charge in [0.2, 0.25) is 10.0 Å². The molecule has 1 amide bonds. The number of carbonyl (C=O) groups is 1. The highest BCUT2D eigenvalue weighted by Gasteiger charge is 2.38. The maximum Gasteiger partial charge on any atom is 0.256 e. The maximum absolute atomic E-state index is 13.4. The first-order valence-electron chi connectivity index (χ1n) is 9.26. The normalized spacial score (nSPS) is 15.5. The Bertz CT molecular complexity index is 960. The van der Waals surface area contributed by atoms with Crippen molar-refractivity contribution in [3.63, 3.8) is 0 Å². The zero-order valence-corrected chi connectivity index (χ0v) is 17.7. The number of amides is 1. The summed E-state index contributed by atoms with van der Waals surface area (Å²) in [7, 11) is -3.73. The predicted molar refractivity (Wildman–Crippen MR) is 109 cm³/mol. The number of carbonyl (C=O) groups excluding carboxylic acids is 1. The van der Waals surface area contributed by atoms with Crippen molar-refractivity contribution in [3.8, 4) is 0 Å². The molecule has 2 aromatic rings. The zero-order chi connectivity index (χ0) is 20.5. The predicted octanol–water partition coefficient (Wildman–Crippen LogP) is 3.79. The average Bonchev–Trinajstić information content (AvgIpc) is 3.46. The van der Waals surface area contributed by atoms with E-state index in [0.29, 0.717) is 0 Å². The molecule has 1 saturated carbocycles. The molecule has 1 aromatic heterocycles. The number of pyridine rings is 1. The van der Waals surface area contributed by atoms with Crippen molar-refractivity contribution in [1.82, 2.24) is 14.6 Å². The molecule has 0 saturated heterocycles. The second-order valence-corrected chi connectivity index (χ2v) is 9.41. The van der Waals surface area contributed by atoms with Gasteiger partial charge in [-0.05, 0) is 63.9 Å². The summed E-state index contributed by atoms with van der Waals surface area (Å²) >= 11 is 6.29. The second-order valence-electron chi connectivity index (χ2n) is 7.29. The lowest BCUT2D eigenvalue weighted by molar-refractivity contribution is 0.0670. The minimum atomic E-state index is -3.73. The summed E-state index contributed by atoms with van der Waals surface area (Å²) in [4.78, 5) is 19.5. The fourth-order valence-electron chi connectivity index (χ4n) is 3.13. The molecule has 1 aliphatic carbocycles. The van der Waals surface area contributed by atoms with Gasteiger partial charge in [-0.2, -0.15) is 0 Å². The van der Waals surface area contributed by atoms with Gasteiger partial charge >= 0.3 is 0 Å². The lowest BCUT2D eigenvalue weighted by Gasteiger charge is -2.29. The summed E-state index contributed by atoms with van der Waals surface area (Å²) in [5, 5.41) is 0.229. The van der Waals surface area contributed by atoms with Gasteiger partial charge < -0.3 is 4.90 Å². The van der Waals surface area contributed by atoms with E-state index in [-0.39, 0.29) is 39.5 Å². The first kappa shape index (κ1) is 20.8. The summed E-state index contributed by atoms with van der Waals surface area (Å²) in [6.45, 7) is 5.40. The third-order valence-electron chi connectivity index (χ3n) is 4.58. The highest BCUT2D eigenvalue weighted by Crippen LogP contribution is 2.36. The van der Waals surface area contributed by atoms with E-state index in [1.165, 1.54) is 18.2 Å². The van der Waals surface area contributed by atoms with Crippen LogP contribution in [0, 0.1) is 0 Å². The summed E-state index contributed by atoms with van der Waals surface area (Å²) in [5.74, 6) is -0.285. The van der Waals surface area contributed by atoms with E-state index >= 15 is 0 Å². The third-order valence-corrected chi connectivity index (χ3v) is 6.56. The lowest BCUT2D eigenvalue weighted by Crippen LogP contribution is -2.36. The van der Waals surface area contributed by atoms with Gasteiger partial charge in [-0.15, -0.1) is 0 Å². The lowest BCUT2D eigenvalue weighted by atomic mass is 10.1. The van der Waals surface area contributed by atoms with E-state index in [1.54, 1.807) is 24.9 Å². The van der Waals surface area contributed by atoms with E-state index in [9.17, 15) is 13.2 Å². The molecule has 0 spiro atoms. The van der Waals surface area contributed by atoms with Crippen molar-refractivity contribution in [2.75, 3.05) is 0 Å². The summed E-state index contributed by atoms with van der Waals surface area (Å²) in [6.07, 6.45) is 3.51. The van der Waals surface area contributed by atoms with Crippen LogP contribution >= 0.6 is 11.6 Å². The van der Waals surface area contributed by atoms with Crippen molar-refractivity contribution in [3.05, 3.63) is 58.9 Å². The van der Waals surface area contributed by atoms with Crippen LogP contribution in [0.2, 0.25) is 5.02 Å². The van der Waals surface area contributed by atoms with Crippen LogP contribution in [-0.4, -0.2) is 36.3 Å². The van der Waals surface area contributed by atoms with Crippen molar-refractivity contribution in [2.45, 2.75) is 56.6 Å². The molecular weight excluding hydrogens is 398 g/mol.